The van der Waals surface area contributed by atoms with Crippen molar-refractivity contribution in [1.82, 2.24) is 20.4 Å². The predicted octanol–water partition coefficient (Wildman–Crippen LogP) is 3.31. The van der Waals surface area contributed by atoms with E-state index < -0.39 is 9.84 Å². The number of sulfone groups is 1. The lowest BCUT2D eigenvalue weighted by Gasteiger charge is -2.32. The Labute approximate surface area is 206 Å². The van der Waals surface area contributed by atoms with E-state index >= 15 is 0 Å². The van der Waals surface area contributed by atoms with Crippen molar-refractivity contribution < 1.29 is 17.7 Å². The van der Waals surface area contributed by atoms with Crippen molar-refractivity contribution in [3.05, 3.63) is 77.4 Å². The number of aryl methyl sites for hydroxylation is 2. The Morgan fingerprint density at radius 2 is 1.80 bits per heavy atom. The average Bonchev–Trinajstić information content (AvgIpc) is 3.31. The van der Waals surface area contributed by atoms with Crippen molar-refractivity contribution in [3.8, 4) is 0 Å². The lowest BCUT2D eigenvalue weighted by molar-refractivity contribution is -0.121. The van der Waals surface area contributed by atoms with Gasteiger partial charge >= 0.3 is 0 Å². The molecule has 1 aliphatic rings. The molecule has 0 aliphatic carbocycles. The molecule has 0 spiro atoms. The number of carbonyl (C=O) groups is 1. The molecule has 9 heteroatoms. The quantitative estimate of drug-likeness (QED) is 0.459. The van der Waals surface area contributed by atoms with Crippen LogP contribution in [0.5, 0.6) is 0 Å². The van der Waals surface area contributed by atoms with E-state index in [-0.39, 0.29) is 41.1 Å². The van der Waals surface area contributed by atoms with Gasteiger partial charge < -0.3 is 9.84 Å². The van der Waals surface area contributed by atoms with Crippen molar-refractivity contribution >= 4 is 15.7 Å². The van der Waals surface area contributed by atoms with Crippen LogP contribution in [-0.2, 0) is 33.4 Å². The lowest BCUT2D eigenvalue weighted by Crippen LogP contribution is -2.38. The number of hydrogen-bond acceptors (Lipinski definition) is 7. The number of benzene rings is 2. The Hall–Kier alpha value is -3.04. The van der Waals surface area contributed by atoms with Gasteiger partial charge in [-0.3, -0.25) is 9.69 Å². The highest BCUT2D eigenvalue weighted by Crippen LogP contribution is 2.19. The summed E-state index contributed by atoms with van der Waals surface area (Å²) in [5, 5.41) is 6.78. The second kappa shape index (κ2) is 11.6. The molecule has 3 aromatic rings. The normalized spacial score (nSPS) is 15.2. The molecule has 0 saturated carbocycles. The highest BCUT2D eigenvalue weighted by atomic mass is 32.2. The van der Waals surface area contributed by atoms with Gasteiger partial charge in [-0.15, -0.1) is 0 Å². The number of carbonyl (C=O) groups excluding carboxylic acids is 1. The number of nitrogens with zero attached hydrogens (tertiary/aromatic N) is 3. The maximum atomic E-state index is 12.4. The van der Waals surface area contributed by atoms with Crippen LogP contribution in [-0.4, -0.2) is 49.0 Å². The van der Waals surface area contributed by atoms with Gasteiger partial charge in [-0.05, 0) is 56.5 Å². The molecule has 2 heterocycles. The maximum Gasteiger partial charge on any atom is 0.227 e. The molecule has 4 rings (SSSR count). The molecule has 1 aromatic heterocycles. The summed E-state index contributed by atoms with van der Waals surface area (Å²) in [6.45, 7) is 5.80. The summed E-state index contributed by atoms with van der Waals surface area (Å²) in [4.78, 5) is 19.1. The Bertz CT molecular complexity index is 1200. The van der Waals surface area contributed by atoms with Crippen LogP contribution in [0, 0.1) is 12.8 Å². The van der Waals surface area contributed by atoms with E-state index in [0.29, 0.717) is 12.5 Å². The van der Waals surface area contributed by atoms with Gasteiger partial charge in [0.15, 0.2) is 15.7 Å². The summed E-state index contributed by atoms with van der Waals surface area (Å²) in [6, 6.07) is 16.9. The fourth-order valence-electron chi connectivity index (χ4n) is 4.20. The first-order valence-electron chi connectivity index (χ1n) is 12.0. The Balaban J connectivity index is 1.15. The molecule has 0 atom stereocenters. The second-order valence-electron chi connectivity index (χ2n) is 9.19. The van der Waals surface area contributed by atoms with E-state index in [0.717, 1.165) is 32.5 Å². The van der Waals surface area contributed by atoms with E-state index in [1.54, 1.807) is 18.2 Å². The molecule has 1 N–H and O–H groups in total. The summed E-state index contributed by atoms with van der Waals surface area (Å²) in [7, 11) is -3.54. The summed E-state index contributed by atoms with van der Waals surface area (Å²) in [5.74, 6) is 0.439. The van der Waals surface area contributed by atoms with Crippen molar-refractivity contribution in [2.45, 2.75) is 49.8 Å². The van der Waals surface area contributed by atoms with Crippen LogP contribution in [0.2, 0.25) is 0 Å². The monoisotopic (exact) mass is 496 g/mol. The molecular weight excluding hydrogens is 464 g/mol. The molecule has 0 unspecified atom stereocenters. The van der Waals surface area contributed by atoms with Crippen LogP contribution in [0.1, 0.15) is 42.1 Å². The fraction of sp³-hybridized carbons (Fsp3) is 0.423. The molecule has 186 valence electrons. The first-order chi connectivity index (χ1) is 16.9. The molecular formula is C26H32N4O4S. The standard InChI is InChI=1S/C26H32N4O4S/c1-20-7-9-22(10-8-20)18-30-15-13-21(14-16-30)17-27-25(31)11-12-26-28-24(29-34-26)19-35(32,33)23-5-3-2-4-6-23/h2-10,21H,11-19H2,1H3,(H,27,31). The van der Waals surface area contributed by atoms with Gasteiger partial charge in [0.05, 0.1) is 4.90 Å². The minimum atomic E-state index is -3.54. The Morgan fingerprint density at radius 1 is 1.09 bits per heavy atom. The highest BCUT2D eigenvalue weighted by molar-refractivity contribution is 7.90. The largest absolute Gasteiger partial charge is 0.356 e. The summed E-state index contributed by atoms with van der Waals surface area (Å²) < 4.78 is 30.0. The van der Waals surface area contributed by atoms with Crippen molar-refractivity contribution in [2.75, 3.05) is 19.6 Å². The summed E-state index contributed by atoms with van der Waals surface area (Å²) in [6.07, 6.45) is 2.63. The second-order valence-corrected chi connectivity index (χ2v) is 11.2. The number of piperidine rings is 1. The van der Waals surface area contributed by atoms with Crippen molar-refractivity contribution in [1.29, 1.82) is 0 Å². The summed E-state index contributed by atoms with van der Waals surface area (Å²) >= 11 is 0. The van der Waals surface area contributed by atoms with Crippen molar-refractivity contribution in [3.63, 3.8) is 0 Å². The smallest absolute Gasteiger partial charge is 0.227 e. The fourth-order valence-corrected chi connectivity index (χ4v) is 5.39. The topological polar surface area (TPSA) is 105 Å². The van der Waals surface area contributed by atoms with E-state index in [4.69, 9.17) is 4.52 Å². The molecule has 0 bridgehead atoms. The third-order valence-corrected chi connectivity index (χ3v) is 7.95. The maximum absolute atomic E-state index is 12.4. The zero-order valence-corrected chi connectivity index (χ0v) is 20.8. The third-order valence-electron chi connectivity index (χ3n) is 6.32. The van der Waals surface area contributed by atoms with Crippen LogP contribution >= 0.6 is 0 Å². The third kappa shape index (κ3) is 7.47. The van der Waals surface area contributed by atoms with E-state index in [1.807, 2.05) is 0 Å². The van der Waals surface area contributed by atoms with Crippen LogP contribution in [0.4, 0.5) is 0 Å². The molecule has 1 saturated heterocycles. The van der Waals surface area contributed by atoms with Gasteiger partial charge in [0, 0.05) is 25.9 Å². The Morgan fingerprint density at radius 3 is 2.51 bits per heavy atom. The van der Waals surface area contributed by atoms with Crippen molar-refractivity contribution in [2.24, 2.45) is 5.92 Å². The Kier molecular flexibility index (Phi) is 8.30. The highest BCUT2D eigenvalue weighted by Gasteiger charge is 2.21. The minimum absolute atomic E-state index is 0.0660. The zero-order valence-electron chi connectivity index (χ0n) is 20.0. The minimum Gasteiger partial charge on any atom is -0.356 e. The van der Waals surface area contributed by atoms with E-state index in [1.165, 1.54) is 23.3 Å². The van der Waals surface area contributed by atoms with Gasteiger partial charge in [0.1, 0.15) is 5.75 Å². The number of hydrogen-bond donors (Lipinski definition) is 1. The number of aromatic nitrogens is 2. The molecule has 35 heavy (non-hydrogen) atoms. The molecule has 0 radical (unpaired) electrons. The molecule has 8 nitrogen and oxygen atoms in total. The molecule has 1 fully saturated rings. The van der Waals surface area contributed by atoms with Gasteiger partial charge in [0.25, 0.3) is 0 Å². The number of rotatable bonds is 10. The molecule has 1 aliphatic heterocycles. The van der Waals surface area contributed by atoms with Crippen LogP contribution in [0.3, 0.4) is 0 Å². The van der Waals surface area contributed by atoms with Gasteiger partial charge in [-0.25, -0.2) is 8.42 Å². The number of likely N-dealkylation sites (tertiary alicyclic amines) is 1. The van der Waals surface area contributed by atoms with E-state index in [9.17, 15) is 13.2 Å². The lowest BCUT2D eigenvalue weighted by atomic mass is 9.96. The number of amides is 1. The number of nitrogens with one attached hydrogen (secondary N) is 1. The van der Waals surface area contributed by atoms with Gasteiger partial charge in [0.2, 0.25) is 11.8 Å². The molecule has 2 aromatic carbocycles. The zero-order chi connectivity index (χ0) is 24.7. The average molecular weight is 497 g/mol. The first-order valence-corrected chi connectivity index (χ1v) is 13.7. The predicted molar refractivity (Wildman–Crippen MR) is 132 cm³/mol. The molecule has 1 amide bonds. The summed E-state index contributed by atoms with van der Waals surface area (Å²) in [5.41, 5.74) is 2.61. The van der Waals surface area contributed by atoms with E-state index in [2.05, 4.69) is 51.5 Å². The van der Waals surface area contributed by atoms with Crippen LogP contribution in [0.25, 0.3) is 0 Å². The SMILES string of the molecule is Cc1ccc(CN2CCC(CNC(=O)CCc3nc(CS(=O)(=O)c4ccccc4)no3)CC2)cc1. The van der Waals surface area contributed by atoms with Gasteiger partial charge in [-0.1, -0.05) is 53.2 Å². The first kappa shape index (κ1) is 25.1. The van der Waals surface area contributed by atoms with Crippen LogP contribution in [0.15, 0.2) is 64.0 Å². The van der Waals surface area contributed by atoms with Crippen LogP contribution < -0.4 is 5.32 Å². The van der Waals surface area contributed by atoms with Gasteiger partial charge in [-0.2, -0.15) is 4.98 Å².